The van der Waals surface area contributed by atoms with Crippen molar-refractivity contribution in [1.82, 2.24) is 9.88 Å². The Morgan fingerprint density at radius 3 is 2.95 bits per heavy atom. The van der Waals surface area contributed by atoms with E-state index in [9.17, 15) is 0 Å². The maximum atomic E-state index is 3.59. The first-order valence-electron chi connectivity index (χ1n) is 7.06. The fourth-order valence-corrected chi connectivity index (χ4v) is 3.31. The van der Waals surface area contributed by atoms with Crippen LogP contribution < -0.4 is 5.32 Å². The fraction of sp³-hybridized carbons (Fsp3) is 0.294. The van der Waals surface area contributed by atoms with Crippen molar-refractivity contribution in [2.45, 2.75) is 26.4 Å². The van der Waals surface area contributed by atoms with Crippen LogP contribution in [0.5, 0.6) is 0 Å². The summed E-state index contributed by atoms with van der Waals surface area (Å²) in [6, 6.07) is 13.6. The largest absolute Gasteiger partial charge is 0.346 e. The van der Waals surface area contributed by atoms with Gasteiger partial charge in [0, 0.05) is 35.7 Å². The molecule has 0 bridgehead atoms. The Hall–Kier alpha value is -1.58. The van der Waals surface area contributed by atoms with E-state index in [1.165, 1.54) is 21.3 Å². The van der Waals surface area contributed by atoms with Gasteiger partial charge >= 0.3 is 0 Å². The second kappa shape index (κ2) is 5.81. The van der Waals surface area contributed by atoms with Crippen LogP contribution in [-0.2, 0) is 6.54 Å². The lowest BCUT2D eigenvalue weighted by atomic mass is 10.2. The average Bonchev–Trinajstić information content (AvgIpc) is 3.08. The minimum absolute atomic E-state index is 0.430. The summed E-state index contributed by atoms with van der Waals surface area (Å²) < 4.78 is 2.32. The molecule has 0 aliphatic heterocycles. The molecule has 0 saturated heterocycles. The number of benzene rings is 1. The van der Waals surface area contributed by atoms with Gasteiger partial charge in [-0.05, 0) is 48.9 Å². The lowest BCUT2D eigenvalue weighted by molar-refractivity contribution is 0.543. The van der Waals surface area contributed by atoms with Gasteiger partial charge in [0.1, 0.15) is 0 Å². The summed E-state index contributed by atoms with van der Waals surface area (Å²) in [7, 11) is 0. The van der Waals surface area contributed by atoms with Gasteiger partial charge < -0.3 is 9.88 Å². The Morgan fingerprint density at radius 2 is 2.15 bits per heavy atom. The molecule has 0 spiro atoms. The Morgan fingerprint density at radius 1 is 1.25 bits per heavy atom. The van der Waals surface area contributed by atoms with Gasteiger partial charge in [0.15, 0.2) is 0 Å². The summed E-state index contributed by atoms with van der Waals surface area (Å²) in [6.45, 7) is 6.35. The van der Waals surface area contributed by atoms with Crippen LogP contribution in [0.3, 0.4) is 0 Å². The van der Waals surface area contributed by atoms with Crippen LogP contribution in [-0.4, -0.2) is 11.1 Å². The van der Waals surface area contributed by atoms with Crippen molar-refractivity contribution < 1.29 is 0 Å². The highest BCUT2D eigenvalue weighted by atomic mass is 32.1. The minimum atomic E-state index is 0.430. The topological polar surface area (TPSA) is 17.0 Å². The molecule has 0 amide bonds. The first kappa shape index (κ1) is 13.4. The molecule has 3 aromatic rings. The van der Waals surface area contributed by atoms with Crippen molar-refractivity contribution in [3.63, 3.8) is 0 Å². The van der Waals surface area contributed by atoms with Crippen LogP contribution >= 0.6 is 11.3 Å². The lowest BCUT2D eigenvalue weighted by Crippen LogP contribution is -2.22. The molecular formula is C17H20N2S. The fourth-order valence-electron chi connectivity index (χ4n) is 2.55. The Balaban J connectivity index is 1.63. The Kier molecular flexibility index (Phi) is 3.90. The summed E-state index contributed by atoms with van der Waals surface area (Å²) in [5.74, 6) is 0. The molecular weight excluding hydrogens is 264 g/mol. The van der Waals surface area contributed by atoms with E-state index >= 15 is 0 Å². The number of hydrogen-bond acceptors (Lipinski definition) is 2. The smallest absolute Gasteiger partial charge is 0.0480 e. The molecule has 2 aromatic heterocycles. The number of hydrogen-bond donors (Lipinski definition) is 1. The van der Waals surface area contributed by atoms with Crippen molar-refractivity contribution >= 4 is 22.2 Å². The van der Waals surface area contributed by atoms with E-state index < -0.39 is 0 Å². The number of nitrogens with zero attached hydrogens (tertiary/aromatic N) is 1. The number of rotatable bonds is 5. The van der Waals surface area contributed by atoms with Crippen molar-refractivity contribution in [2.75, 3.05) is 6.54 Å². The number of aromatic nitrogens is 1. The maximum Gasteiger partial charge on any atom is 0.0480 e. The van der Waals surface area contributed by atoms with Gasteiger partial charge in [0.25, 0.3) is 0 Å². The minimum Gasteiger partial charge on any atom is -0.346 e. The highest BCUT2D eigenvalue weighted by Crippen LogP contribution is 2.19. The molecule has 0 fully saturated rings. The molecule has 2 heterocycles. The Bertz CT molecular complexity index is 682. The first-order chi connectivity index (χ1) is 9.74. The molecule has 1 N–H and O–H groups in total. The van der Waals surface area contributed by atoms with E-state index in [-0.39, 0.29) is 0 Å². The third-order valence-electron chi connectivity index (χ3n) is 3.70. The molecule has 104 valence electrons. The third-order valence-corrected chi connectivity index (χ3v) is 4.75. The normalized spacial score (nSPS) is 12.9. The quantitative estimate of drug-likeness (QED) is 0.736. The summed E-state index contributed by atoms with van der Waals surface area (Å²) in [6.07, 6.45) is 2.18. The van der Waals surface area contributed by atoms with E-state index in [0.29, 0.717) is 6.04 Å². The van der Waals surface area contributed by atoms with Crippen molar-refractivity contribution in [2.24, 2.45) is 0 Å². The predicted octanol–water partition coefficient (Wildman–Crippen LogP) is 4.36. The van der Waals surface area contributed by atoms with Gasteiger partial charge in [-0.3, -0.25) is 0 Å². The van der Waals surface area contributed by atoms with E-state index in [2.05, 4.69) is 71.7 Å². The number of aryl methyl sites for hydroxylation is 1. The molecule has 1 atom stereocenters. The first-order valence-corrected chi connectivity index (χ1v) is 7.94. The second-order valence-electron chi connectivity index (χ2n) is 5.26. The highest BCUT2D eigenvalue weighted by molar-refractivity contribution is 7.10. The molecule has 1 unspecified atom stereocenters. The summed E-state index contributed by atoms with van der Waals surface area (Å²) in [5.41, 5.74) is 2.64. The standard InChI is InChI=1S/C17H20N2S/c1-13-5-6-16-15(12-13)7-9-19(16)10-8-18-14(2)17-4-3-11-20-17/h3-7,9,11-12,14,18H,8,10H2,1-2H3. The Labute approximate surface area is 124 Å². The molecule has 1 aromatic carbocycles. The molecule has 0 radical (unpaired) electrons. The second-order valence-corrected chi connectivity index (χ2v) is 6.24. The van der Waals surface area contributed by atoms with E-state index in [4.69, 9.17) is 0 Å². The third kappa shape index (κ3) is 2.79. The lowest BCUT2D eigenvalue weighted by Gasteiger charge is -2.13. The zero-order chi connectivity index (χ0) is 13.9. The average molecular weight is 284 g/mol. The molecule has 2 nitrogen and oxygen atoms in total. The number of thiophene rings is 1. The number of nitrogens with one attached hydrogen (secondary N) is 1. The van der Waals surface area contributed by atoms with Crippen LogP contribution in [0.1, 0.15) is 23.4 Å². The zero-order valence-electron chi connectivity index (χ0n) is 12.0. The van der Waals surface area contributed by atoms with Gasteiger partial charge in [-0.2, -0.15) is 0 Å². The van der Waals surface area contributed by atoms with Gasteiger partial charge in [0.2, 0.25) is 0 Å². The van der Waals surface area contributed by atoms with Crippen LogP contribution in [0.15, 0.2) is 48.0 Å². The number of fused-ring (bicyclic) bond motifs is 1. The van der Waals surface area contributed by atoms with Gasteiger partial charge in [0.05, 0.1) is 0 Å². The van der Waals surface area contributed by atoms with Gasteiger partial charge in [-0.1, -0.05) is 17.7 Å². The van der Waals surface area contributed by atoms with Crippen molar-refractivity contribution in [3.8, 4) is 0 Å². The van der Waals surface area contributed by atoms with Crippen LogP contribution in [0.4, 0.5) is 0 Å². The molecule has 20 heavy (non-hydrogen) atoms. The van der Waals surface area contributed by atoms with Crippen LogP contribution in [0.25, 0.3) is 10.9 Å². The summed E-state index contributed by atoms with van der Waals surface area (Å²) in [5, 5.41) is 7.05. The highest BCUT2D eigenvalue weighted by Gasteiger charge is 2.05. The van der Waals surface area contributed by atoms with Gasteiger partial charge in [-0.15, -0.1) is 11.3 Å². The molecule has 0 aliphatic rings. The maximum absolute atomic E-state index is 3.59. The van der Waals surface area contributed by atoms with E-state index in [1.807, 2.05) is 11.3 Å². The molecule has 0 aliphatic carbocycles. The van der Waals surface area contributed by atoms with Crippen LogP contribution in [0.2, 0.25) is 0 Å². The van der Waals surface area contributed by atoms with Gasteiger partial charge in [-0.25, -0.2) is 0 Å². The molecule has 3 heteroatoms. The van der Waals surface area contributed by atoms with Crippen LogP contribution in [0, 0.1) is 6.92 Å². The predicted molar refractivity (Wildman–Crippen MR) is 87.4 cm³/mol. The summed E-state index contributed by atoms with van der Waals surface area (Å²) in [4.78, 5) is 1.40. The van der Waals surface area contributed by atoms with E-state index in [1.54, 1.807) is 0 Å². The van der Waals surface area contributed by atoms with E-state index in [0.717, 1.165) is 13.1 Å². The molecule has 0 saturated carbocycles. The zero-order valence-corrected chi connectivity index (χ0v) is 12.8. The summed E-state index contributed by atoms with van der Waals surface area (Å²) >= 11 is 1.81. The van der Waals surface area contributed by atoms with Crippen molar-refractivity contribution in [3.05, 3.63) is 58.4 Å². The monoisotopic (exact) mass is 284 g/mol. The molecule has 3 rings (SSSR count). The van der Waals surface area contributed by atoms with Crippen molar-refractivity contribution in [1.29, 1.82) is 0 Å². The SMILES string of the molecule is Cc1ccc2c(ccn2CCNC(C)c2cccs2)c1.